The number of carboxylic acids is 1. The summed E-state index contributed by atoms with van der Waals surface area (Å²) in [6.45, 7) is 2.96. The Kier molecular flexibility index (Phi) is 27.6. The first kappa shape index (κ1) is 47.5. The van der Waals surface area contributed by atoms with E-state index in [1.54, 1.807) is 12.4 Å². The number of rotatable bonds is 11. The van der Waals surface area contributed by atoms with E-state index < -0.39 is 26.5 Å². The largest absolute Gasteiger partial charge is 4.00 e. The molecule has 0 aliphatic carbocycles. The maximum absolute atomic E-state index is 11.2. The van der Waals surface area contributed by atoms with Crippen molar-refractivity contribution >= 4 is 5.97 Å². The molecule has 239 valence electrons. The Balaban J connectivity index is -0.000000473. The minimum atomic E-state index is -4.94. The first-order valence-corrected chi connectivity index (χ1v) is 13.3. The summed E-state index contributed by atoms with van der Waals surface area (Å²) in [5.74, 6) is -1.08. The molecule has 3 aromatic heterocycles. The quantitative estimate of drug-likeness (QED) is 0.180. The topological polar surface area (TPSA) is 363 Å². The second-order valence-corrected chi connectivity index (χ2v) is 9.09. The summed E-state index contributed by atoms with van der Waals surface area (Å²) in [6.07, 6.45) is 5.39. The molecule has 3 heterocycles. The molecule has 18 nitrogen and oxygen atoms in total. The second kappa shape index (κ2) is 24.9. The normalized spacial score (nSPS) is 10.3. The molecule has 21 heteroatoms. The minimum Gasteiger partial charge on any atom is -2.00 e. The van der Waals surface area contributed by atoms with Crippen molar-refractivity contribution in [1.82, 2.24) is 19.8 Å². The van der Waals surface area contributed by atoms with E-state index in [0.717, 1.165) is 17.1 Å². The maximum atomic E-state index is 11.2. The zero-order valence-corrected chi connectivity index (χ0v) is 25.1. The van der Waals surface area contributed by atoms with Crippen molar-refractivity contribution in [3.63, 3.8) is 0 Å². The number of aromatic amines is 1. The van der Waals surface area contributed by atoms with E-state index in [9.17, 15) is 9.90 Å². The Morgan fingerprint density at radius 1 is 0.698 bits per heavy atom. The number of hydrogen-bond donors (Lipinski definition) is 0. The zero-order valence-electron chi connectivity index (χ0n) is 22.2. The molecule has 43 heavy (non-hydrogen) atoms. The van der Waals surface area contributed by atoms with E-state index in [2.05, 4.69) is 19.9 Å². The monoisotopic (exact) mass is 692 g/mol. The Morgan fingerprint density at radius 3 is 1.47 bits per heavy atom. The van der Waals surface area contributed by atoms with Gasteiger partial charge in [-0.25, -0.2) is 42.3 Å². The summed E-state index contributed by atoms with van der Waals surface area (Å²) < 4.78 is 67.9. The van der Waals surface area contributed by atoms with Crippen molar-refractivity contribution < 1.29 is 108 Å². The molecule has 0 saturated heterocycles. The number of carbonyl (C=O) groups is 1. The van der Waals surface area contributed by atoms with Gasteiger partial charge in [-0.3, -0.25) is 19.8 Å². The van der Waals surface area contributed by atoms with Crippen molar-refractivity contribution in [2.45, 2.75) is 19.6 Å². The van der Waals surface area contributed by atoms with Crippen LogP contribution in [0, 0.1) is 20.5 Å². The van der Waals surface area contributed by atoms with Crippen LogP contribution in [-0.2, 0) is 48.5 Å². The van der Waals surface area contributed by atoms with Crippen molar-refractivity contribution in [2.24, 2.45) is 0 Å². The van der Waals surface area contributed by atoms with Gasteiger partial charge in [0.15, 0.2) is 11.9 Å². The summed E-state index contributed by atoms with van der Waals surface area (Å²) in [5, 5.41) is 11.2. The van der Waals surface area contributed by atoms with Gasteiger partial charge in [0.1, 0.15) is 0 Å². The molecule has 0 bridgehead atoms. The van der Waals surface area contributed by atoms with Crippen molar-refractivity contribution in [1.29, 1.82) is 0 Å². The Bertz CT molecular complexity index is 1010. The molecular formula is C22H29Cl2N5O13V. The van der Waals surface area contributed by atoms with Crippen LogP contribution in [-0.4, -0.2) is 56.3 Å². The van der Waals surface area contributed by atoms with Crippen LogP contribution in [0.2, 0.25) is 0 Å². The van der Waals surface area contributed by atoms with Gasteiger partial charge in [0.05, 0.1) is 23.9 Å². The molecule has 0 aliphatic heterocycles. The molecule has 3 aromatic rings. The number of halogens is 2. The van der Waals surface area contributed by atoms with Crippen LogP contribution in [0.25, 0.3) is 0 Å². The number of aliphatic carboxylic acids is 1. The number of pyridine rings is 3. The van der Waals surface area contributed by atoms with Crippen LogP contribution in [0.4, 0.5) is 0 Å². The average molecular weight is 693 g/mol. The molecule has 3 rings (SSSR count). The molecule has 0 spiro atoms. The summed E-state index contributed by atoms with van der Waals surface area (Å²) in [6, 6.07) is 17.5. The minimum absolute atomic E-state index is 0. The zero-order chi connectivity index (χ0) is 29.3. The van der Waals surface area contributed by atoms with Crippen LogP contribution >= 0.6 is 0 Å². The van der Waals surface area contributed by atoms with Gasteiger partial charge in [-0.15, -0.1) is 20.5 Å². The average Bonchev–Trinajstić information content (AvgIpc) is 2.82. The number of nitrogens with one attached hydrogen (secondary N) is 1. The van der Waals surface area contributed by atoms with Crippen molar-refractivity contribution in [3.8, 4) is 0 Å². The summed E-state index contributed by atoms with van der Waals surface area (Å²) in [4.78, 5) is 27.3. The Hall–Kier alpha value is -2.44. The van der Waals surface area contributed by atoms with E-state index in [1.807, 2.05) is 65.7 Å². The summed E-state index contributed by atoms with van der Waals surface area (Å²) in [5.41, 5.74) is 2.88. The number of H-pyrrole nitrogens is 1. The standard InChI is InChI=1S/C22H25N5O2.2ClHO4.2H2O.O.V/c28-22(29)18-27(17-21-9-3-6-12-25-21)14-13-26(15-19-7-1-4-10-23-19)16-20-8-2-5-11-24-20;2*2-1(3,4)5;;;;/h1-12H,13-18H2,(H,28,29);2*(H,2,3,4,5);2*1H2;;/q;;;;;-2;+4/p-2. The van der Waals surface area contributed by atoms with Crippen LogP contribution in [0.3, 0.4) is 0 Å². The summed E-state index contributed by atoms with van der Waals surface area (Å²) in [7, 11) is -9.89. The van der Waals surface area contributed by atoms with Gasteiger partial charge in [0.2, 0.25) is 0 Å². The molecule has 0 atom stereocenters. The van der Waals surface area contributed by atoms with E-state index in [1.165, 1.54) is 0 Å². The first-order chi connectivity index (χ1) is 18.2. The van der Waals surface area contributed by atoms with Crippen LogP contribution in [0.5, 0.6) is 0 Å². The molecule has 0 unspecified atom stereocenters. The number of nitrogens with zero attached hydrogens (tertiary/aromatic N) is 4. The van der Waals surface area contributed by atoms with E-state index in [-0.39, 0.29) is 41.5 Å². The van der Waals surface area contributed by atoms with Crippen molar-refractivity contribution in [3.05, 3.63) is 90.3 Å². The van der Waals surface area contributed by atoms with E-state index in [4.69, 9.17) is 37.3 Å². The maximum Gasteiger partial charge on any atom is 4.00 e. The second-order valence-electron chi connectivity index (χ2n) is 7.58. The van der Waals surface area contributed by atoms with Crippen LogP contribution < -0.4 is 47.4 Å². The van der Waals surface area contributed by atoms with Gasteiger partial charge >= 0.3 is 18.6 Å². The molecule has 1 radical (unpaired) electrons. The fourth-order valence-electron chi connectivity index (χ4n) is 3.10. The fourth-order valence-corrected chi connectivity index (χ4v) is 3.10. The van der Waals surface area contributed by atoms with Gasteiger partial charge in [0, 0.05) is 57.3 Å². The third kappa shape index (κ3) is 30.8. The Labute approximate surface area is 262 Å². The summed E-state index contributed by atoms with van der Waals surface area (Å²) >= 11 is 0. The smallest absolute Gasteiger partial charge is 2.00 e. The number of hydrogen-bond acceptors (Lipinski definition) is 14. The predicted molar refractivity (Wildman–Crippen MR) is 114 cm³/mol. The molecular weight excluding hydrogens is 664 g/mol. The van der Waals surface area contributed by atoms with Crippen molar-refractivity contribution in [2.75, 3.05) is 19.6 Å². The van der Waals surface area contributed by atoms with Gasteiger partial charge in [-0.2, -0.15) is 0 Å². The Morgan fingerprint density at radius 2 is 1.12 bits per heavy atom. The van der Waals surface area contributed by atoms with E-state index >= 15 is 0 Å². The third-order valence-corrected chi connectivity index (χ3v) is 4.48. The molecule has 0 amide bonds. The van der Waals surface area contributed by atoms with E-state index in [0.29, 0.717) is 32.7 Å². The number of aromatic nitrogens is 3. The number of carbonyl (C=O) groups excluding carboxylic acids is 1. The van der Waals surface area contributed by atoms with Gasteiger partial charge in [0.25, 0.3) is 0 Å². The fraction of sp³-hybridized carbons (Fsp3) is 0.273. The number of carboxylic acid groups (broad SMARTS) is 1. The molecule has 0 aliphatic rings. The molecule has 0 aromatic carbocycles. The first-order valence-electron chi connectivity index (χ1n) is 10.8. The predicted octanol–water partition coefficient (Wildman–Crippen LogP) is -10.7. The SMILES string of the molecule is O.O.O=C([O-])CN(CCN(Cc1ccccn1)Cc1ccccn1)Cc1cccc[nH+]1.[O-2].[O-][Cl+3]([O-])([O-])[O-].[O-][Cl+3]([O-])([O-])[O-].[V+4]. The van der Waals surface area contributed by atoms with Crippen LogP contribution in [0.15, 0.2) is 73.2 Å². The van der Waals surface area contributed by atoms with Crippen LogP contribution in [0.1, 0.15) is 17.1 Å². The van der Waals surface area contributed by atoms with Gasteiger partial charge in [-0.05, 0) is 24.3 Å². The van der Waals surface area contributed by atoms with Gasteiger partial charge < -0.3 is 26.3 Å². The third-order valence-electron chi connectivity index (χ3n) is 4.48. The molecule has 5 N–H and O–H groups in total. The molecule has 0 saturated carbocycles. The molecule has 0 fully saturated rings. The van der Waals surface area contributed by atoms with Gasteiger partial charge in [-0.1, -0.05) is 18.2 Å².